The summed E-state index contributed by atoms with van der Waals surface area (Å²) >= 11 is 0. The molecule has 0 aliphatic rings. The first-order chi connectivity index (χ1) is 12.1. The number of anilines is 1. The van der Waals surface area contributed by atoms with Gasteiger partial charge in [0.25, 0.3) is 5.91 Å². The minimum atomic E-state index is -0.324. The van der Waals surface area contributed by atoms with Crippen LogP contribution in [0.1, 0.15) is 12.5 Å². The van der Waals surface area contributed by atoms with Gasteiger partial charge < -0.3 is 20.7 Å². The number of pyridine rings is 1. The fourth-order valence-corrected chi connectivity index (χ4v) is 1.87. The molecule has 3 amide bonds. The van der Waals surface area contributed by atoms with Crippen molar-refractivity contribution in [1.29, 1.82) is 0 Å². The molecule has 0 atom stereocenters. The standard InChI is InChI=1S/C17H19FN4O3/c1-2-19-17(24)22-14-7-8-16(21-10-14)25-11-15(23)20-9-12-3-5-13(18)6-4-12/h3-8,10H,2,9,11H2,1H3,(H,20,23)(H2,19,22,24). The van der Waals surface area contributed by atoms with Crippen molar-refractivity contribution in [3.63, 3.8) is 0 Å². The second-order valence-electron chi connectivity index (χ2n) is 5.06. The first kappa shape index (κ1) is 18.2. The van der Waals surface area contributed by atoms with Crippen LogP contribution >= 0.6 is 0 Å². The lowest BCUT2D eigenvalue weighted by molar-refractivity contribution is -0.123. The number of hydrogen-bond acceptors (Lipinski definition) is 4. The third-order valence-electron chi connectivity index (χ3n) is 3.09. The van der Waals surface area contributed by atoms with Crippen LogP contribution < -0.4 is 20.7 Å². The van der Waals surface area contributed by atoms with Crippen molar-refractivity contribution in [2.75, 3.05) is 18.5 Å². The Morgan fingerprint density at radius 1 is 1.12 bits per heavy atom. The highest BCUT2D eigenvalue weighted by Crippen LogP contribution is 2.11. The molecule has 0 bridgehead atoms. The predicted octanol–water partition coefficient (Wildman–Crippen LogP) is 2.06. The van der Waals surface area contributed by atoms with Crippen molar-refractivity contribution in [3.05, 3.63) is 54.0 Å². The molecule has 0 aliphatic carbocycles. The second-order valence-corrected chi connectivity index (χ2v) is 5.06. The average Bonchev–Trinajstić information content (AvgIpc) is 2.61. The largest absolute Gasteiger partial charge is 0.468 e. The van der Waals surface area contributed by atoms with E-state index in [-0.39, 0.29) is 36.8 Å². The molecule has 0 unspecified atom stereocenters. The Balaban J connectivity index is 1.73. The predicted molar refractivity (Wildman–Crippen MR) is 90.7 cm³/mol. The van der Waals surface area contributed by atoms with Crippen LogP contribution in [0.15, 0.2) is 42.6 Å². The molecule has 25 heavy (non-hydrogen) atoms. The van der Waals surface area contributed by atoms with Crippen LogP contribution in [0.4, 0.5) is 14.9 Å². The van der Waals surface area contributed by atoms with Crippen molar-refractivity contribution < 1.29 is 18.7 Å². The van der Waals surface area contributed by atoms with Crippen molar-refractivity contribution in [1.82, 2.24) is 15.6 Å². The zero-order chi connectivity index (χ0) is 18.1. The first-order valence-electron chi connectivity index (χ1n) is 7.71. The van der Waals surface area contributed by atoms with Gasteiger partial charge >= 0.3 is 6.03 Å². The Kier molecular flexibility index (Phi) is 6.70. The molecule has 1 aromatic carbocycles. The van der Waals surface area contributed by atoms with Crippen LogP contribution in [0.2, 0.25) is 0 Å². The lowest BCUT2D eigenvalue weighted by atomic mass is 10.2. The van der Waals surface area contributed by atoms with Gasteiger partial charge in [0.15, 0.2) is 6.61 Å². The van der Waals surface area contributed by atoms with Crippen LogP contribution in [-0.2, 0) is 11.3 Å². The highest BCUT2D eigenvalue weighted by Gasteiger charge is 2.05. The van der Waals surface area contributed by atoms with Crippen molar-refractivity contribution in [3.8, 4) is 5.88 Å². The molecule has 1 heterocycles. The lowest BCUT2D eigenvalue weighted by Gasteiger charge is -2.08. The smallest absolute Gasteiger partial charge is 0.319 e. The number of nitrogens with zero attached hydrogens (tertiary/aromatic N) is 1. The fraction of sp³-hybridized carbons (Fsp3) is 0.235. The normalized spacial score (nSPS) is 10.0. The summed E-state index contributed by atoms with van der Waals surface area (Å²) in [7, 11) is 0. The molecule has 0 aliphatic heterocycles. The maximum absolute atomic E-state index is 12.8. The minimum absolute atomic E-state index is 0.197. The Morgan fingerprint density at radius 2 is 1.88 bits per heavy atom. The summed E-state index contributed by atoms with van der Waals surface area (Å²) in [4.78, 5) is 27.1. The molecule has 2 aromatic rings. The Morgan fingerprint density at radius 3 is 2.52 bits per heavy atom. The summed E-state index contributed by atoms with van der Waals surface area (Å²) in [6.07, 6.45) is 1.43. The molecular weight excluding hydrogens is 327 g/mol. The quantitative estimate of drug-likeness (QED) is 0.715. The number of urea groups is 1. The molecule has 0 spiro atoms. The van der Waals surface area contributed by atoms with Gasteiger partial charge in [-0.1, -0.05) is 12.1 Å². The molecule has 1 aromatic heterocycles. The van der Waals surface area contributed by atoms with Gasteiger partial charge in [0, 0.05) is 19.2 Å². The molecule has 132 valence electrons. The summed E-state index contributed by atoms with van der Waals surface area (Å²) < 4.78 is 18.1. The number of rotatable bonds is 7. The third-order valence-corrected chi connectivity index (χ3v) is 3.09. The average molecular weight is 346 g/mol. The Bertz CT molecular complexity index is 705. The molecule has 7 nitrogen and oxygen atoms in total. The minimum Gasteiger partial charge on any atom is -0.468 e. The summed E-state index contributed by atoms with van der Waals surface area (Å²) in [6.45, 7) is 2.42. The van der Waals surface area contributed by atoms with E-state index >= 15 is 0 Å². The monoisotopic (exact) mass is 346 g/mol. The second kappa shape index (κ2) is 9.21. The molecule has 0 fully saturated rings. The number of carbonyl (C=O) groups excluding carboxylic acids is 2. The van der Waals surface area contributed by atoms with E-state index in [9.17, 15) is 14.0 Å². The fourth-order valence-electron chi connectivity index (χ4n) is 1.87. The van der Waals surface area contributed by atoms with Crippen LogP contribution in [0.25, 0.3) is 0 Å². The Labute approximate surface area is 144 Å². The highest BCUT2D eigenvalue weighted by atomic mass is 19.1. The van der Waals surface area contributed by atoms with E-state index in [0.717, 1.165) is 5.56 Å². The van der Waals surface area contributed by atoms with E-state index in [0.29, 0.717) is 12.2 Å². The number of carbonyl (C=O) groups is 2. The van der Waals surface area contributed by atoms with Gasteiger partial charge in [0.1, 0.15) is 5.82 Å². The topological polar surface area (TPSA) is 92.4 Å². The van der Waals surface area contributed by atoms with Crippen LogP contribution in [0.3, 0.4) is 0 Å². The summed E-state index contributed by atoms with van der Waals surface area (Å²) in [5.41, 5.74) is 1.30. The zero-order valence-corrected chi connectivity index (χ0v) is 13.7. The zero-order valence-electron chi connectivity index (χ0n) is 13.7. The third kappa shape index (κ3) is 6.46. The van der Waals surface area contributed by atoms with Gasteiger partial charge in [-0.2, -0.15) is 0 Å². The van der Waals surface area contributed by atoms with E-state index in [1.54, 1.807) is 24.3 Å². The first-order valence-corrected chi connectivity index (χ1v) is 7.71. The van der Waals surface area contributed by atoms with Crippen LogP contribution in [0, 0.1) is 5.82 Å². The van der Waals surface area contributed by atoms with Gasteiger partial charge in [-0.3, -0.25) is 4.79 Å². The molecule has 0 radical (unpaired) electrons. The SMILES string of the molecule is CCNC(=O)Nc1ccc(OCC(=O)NCc2ccc(F)cc2)nc1. The van der Waals surface area contributed by atoms with E-state index < -0.39 is 0 Å². The van der Waals surface area contributed by atoms with E-state index in [2.05, 4.69) is 20.9 Å². The molecule has 0 saturated carbocycles. The number of nitrogens with one attached hydrogen (secondary N) is 3. The number of hydrogen-bond donors (Lipinski definition) is 3. The van der Waals surface area contributed by atoms with Gasteiger partial charge in [-0.25, -0.2) is 14.2 Å². The summed E-state index contributed by atoms with van der Waals surface area (Å²) in [5.74, 6) is -0.386. The Hall–Kier alpha value is -3.16. The highest BCUT2D eigenvalue weighted by molar-refractivity contribution is 5.88. The van der Waals surface area contributed by atoms with Gasteiger partial charge in [0.2, 0.25) is 5.88 Å². The number of halogens is 1. The molecule has 0 saturated heterocycles. The van der Waals surface area contributed by atoms with E-state index in [4.69, 9.17) is 4.74 Å². The van der Waals surface area contributed by atoms with Crippen LogP contribution in [0.5, 0.6) is 5.88 Å². The maximum atomic E-state index is 12.8. The molecule has 2 rings (SSSR count). The van der Waals surface area contributed by atoms with Gasteiger partial charge in [-0.15, -0.1) is 0 Å². The van der Waals surface area contributed by atoms with Crippen molar-refractivity contribution in [2.45, 2.75) is 13.5 Å². The lowest BCUT2D eigenvalue weighted by Crippen LogP contribution is -2.28. The van der Waals surface area contributed by atoms with E-state index in [1.807, 2.05) is 6.92 Å². The number of benzene rings is 1. The maximum Gasteiger partial charge on any atom is 0.319 e. The summed E-state index contributed by atoms with van der Waals surface area (Å²) in [5, 5.41) is 7.86. The van der Waals surface area contributed by atoms with Gasteiger partial charge in [0.05, 0.1) is 11.9 Å². The molecule has 8 heteroatoms. The van der Waals surface area contributed by atoms with Gasteiger partial charge in [-0.05, 0) is 30.7 Å². The van der Waals surface area contributed by atoms with Crippen molar-refractivity contribution in [2.24, 2.45) is 0 Å². The molecule has 3 N–H and O–H groups in total. The number of amides is 3. The summed E-state index contributed by atoms with van der Waals surface area (Å²) in [6, 6.07) is 8.70. The molecular formula is C17H19FN4O3. The number of ether oxygens (including phenoxy) is 1. The van der Waals surface area contributed by atoms with E-state index in [1.165, 1.54) is 18.3 Å². The van der Waals surface area contributed by atoms with Crippen LogP contribution in [-0.4, -0.2) is 30.1 Å². The van der Waals surface area contributed by atoms with Crippen molar-refractivity contribution >= 4 is 17.6 Å². The number of aromatic nitrogens is 1.